The number of nitrogens with zero attached hydrogens (tertiary/aromatic N) is 2. The maximum Gasteiger partial charge on any atom is 0.595 e. The van der Waals surface area contributed by atoms with Crippen LogP contribution in [0.2, 0.25) is 0 Å². The molecule has 1 saturated heterocycles. The summed E-state index contributed by atoms with van der Waals surface area (Å²) in [6, 6.07) is 9.63. The van der Waals surface area contributed by atoms with Crippen molar-refractivity contribution in [3.8, 4) is 0 Å². The second-order valence-electron chi connectivity index (χ2n) is 7.19. The molecule has 1 heterocycles. The van der Waals surface area contributed by atoms with Gasteiger partial charge in [-0.05, 0) is 27.8 Å². The summed E-state index contributed by atoms with van der Waals surface area (Å²) in [5, 5.41) is 8.39. The molecule has 6 nitrogen and oxygen atoms in total. The topological polar surface area (TPSA) is 89.4 Å². The van der Waals surface area contributed by atoms with Crippen LogP contribution in [-0.4, -0.2) is 47.5 Å². The van der Waals surface area contributed by atoms with E-state index in [1.54, 1.807) is 29.1 Å². The fourth-order valence-corrected chi connectivity index (χ4v) is 2.77. The molecule has 0 aromatic heterocycles. The highest BCUT2D eigenvalue weighted by Gasteiger charge is 2.55. The van der Waals surface area contributed by atoms with Gasteiger partial charge in [0.1, 0.15) is 5.84 Å². The minimum atomic E-state index is -0.680. The van der Waals surface area contributed by atoms with Gasteiger partial charge in [0.05, 0.1) is 11.2 Å². The summed E-state index contributed by atoms with van der Waals surface area (Å²) in [6.07, 6.45) is 6.64. The Kier molecular flexibility index (Phi) is 8.09. The van der Waals surface area contributed by atoms with Gasteiger partial charge in [0.15, 0.2) is 5.84 Å². The van der Waals surface area contributed by atoms with Gasteiger partial charge in [0.2, 0.25) is 0 Å². The van der Waals surface area contributed by atoms with Crippen molar-refractivity contribution >= 4 is 18.9 Å². The van der Waals surface area contributed by atoms with Crippen molar-refractivity contribution in [2.45, 2.75) is 32.0 Å². The van der Waals surface area contributed by atoms with Crippen molar-refractivity contribution in [2.24, 2.45) is 4.99 Å². The van der Waals surface area contributed by atoms with E-state index in [9.17, 15) is 0 Å². The summed E-state index contributed by atoms with van der Waals surface area (Å²) in [5.41, 5.74) is 0.184. The largest absolute Gasteiger partial charge is 0.595 e. The highest BCUT2D eigenvalue weighted by molar-refractivity contribution is 6.47. The fraction of sp³-hybridized carbons (Fsp3) is 0.273. The van der Waals surface area contributed by atoms with Crippen molar-refractivity contribution in [1.29, 1.82) is 5.41 Å². The first-order valence-electron chi connectivity index (χ1n) is 9.09. The Morgan fingerprint density at radius 1 is 1.14 bits per heavy atom. The van der Waals surface area contributed by atoms with Crippen molar-refractivity contribution in [3.63, 3.8) is 0 Å². The van der Waals surface area contributed by atoms with E-state index in [0.29, 0.717) is 11.4 Å². The molecule has 1 aromatic carbocycles. The van der Waals surface area contributed by atoms with Gasteiger partial charge in [-0.3, -0.25) is 5.41 Å². The number of aliphatic imine (C=N–C) groups is 1. The lowest BCUT2D eigenvalue weighted by Gasteiger charge is -2.32. The maximum absolute atomic E-state index is 8.39. The molecule has 0 amide bonds. The molecule has 1 unspecified atom stereocenters. The van der Waals surface area contributed by atoms with Crippen LogP contribution in [0.5, 0.6) is 0 Å². The van der Waals surface area contributed by atoms with Crippen LogP contribution in [0.3, 0.4) is 0 Å². The molecule has 1 fully saturated rings. The SMILES string of the molecule is C=C/C=C(\C=C)C(=N)N=C(c1ccccc1)N(C)B1OC(C)(C)C(C)(C=C)O1.O. The molecule has 0 saturated carbocycles. The molecule has 1 aromatic rings. The molecular formula is C22H30BN3O3. The molecule has 29 heavy (non-hydrogen) atoms. The Balaban J connectivity index is 0.00000420. The van der Waals surface area contributed by atoms with Gasteiger partial charge >= 0.3 is 7.25 Å². The van der Waals surface area contributed by atoms with Crippen LogP contribution in [0.4, 0.5) is 0 Å². The van der Waals surface area contributed by atoms with E-state index < -0.39 is 18.5 Å². The molecule has 1 aliphatic rings. The molecule has 1 atom stereocenters. The highest BCUT2D eigenvalue weighted by Crippen LogP contribution is 2.38. The molecule has 0 spiro atoms. The number of hydrogen-bond donors (Lipinski definition) is 1. The summed E-state index contributed by atoms with van der Waals surface area (Å²) in [6.45, 7) is 17.2. The first-order chi connectivity index (χ1) is 13.2. The van der Waals surface area contributed by atoms with Gasteiger partial charge in [0, 0.05) is 11.1 Å². The van der Waals surface area contributed by atoms with Crippen molar-refractivity contribution in [1.82, 2.24) is 4.81 Å². The summed E-state index contributed by atoms with van der Waals surface area (Å²) >= 11 is 0. The monoisotopic (exact) mass is 395 g/mol. The van der Waals surface area contributed by atoms with E-state index in [2.05, 4.69) is 24.7 Å². The number of nitrogens with one attached hydrogen (secondary N) is 1. The number of allylic oxidation sites excluding steroid dienone is 2. The first kappa shape index (κ1) is 24.3. The van der Waals surface area contributed by atoms with E-state index in [0.717, 1.165) is 5.56 Å². The second-order valence-corrected chi connectivity index (χ2v) is 7.19. The summed E-state index contributed by atoms with van der Waals surface area (Å²) in [7, 11) is 1.15. The molecule has 1 aliphatic heterocycles. The minimum Gasteiger partial charge on any atom is -0.412 e. The average Bonchev–Trinajstić information content (AvgIpc) is 2.93. The number of amidine groups is 2. The maximum atomic E-state index is 8.39. The lowest BCUT2D eigenvalue weighted by Crippen LogP contribution is -2.44. The summed E-state index contributed by atoms with van der Waals surface area (Å²) < 4.78 is 12.3. The molecule has 3 N–H and O–H groups in total. The van der Waals surface area contributed by atoms with E-state index in [4.69, 9.17) is 14.7 Å². The Hall–Kier alpha value is -2.74. The zero-order valence-electron chi connectivity index (χ0n) is 17.6. The van der Waals surface area contributed by atoms with E-state index >= 15 is 0 Å². The lowest BCUT2D eigenvalue weighted by atomic mass is 9.88. The van der Waals surface area contributed by atoms with Gasteiger partial charge in [0.25, 0.3) is 0 Å². The highest BCUT2D eigenvalue weighted by atomic mass is 16.7. The van der Waals surface area contributed by atoms with Crippen LogP contribution in [0.15, 0.2) is 84.9 Å². The van der Waals surface area contributed by atoms with Crippen LogP contribution >= 0.6 is 0 Å². The standard InChI is InChI=1S/C22H28BN3O2.H2O/c1-8-14-17(9-2)19(24)25-20(18-15-12-11-13-16-18)26(7)23-27-21(4,5)22(6,10-3)28-23;/h8-16,24H,1-3H2,4-7H3;1H2/b17-14+,24-19?,25-20?;. The quantitative estimate of drug-likeness (QED) is 0.263. The first-order valence-corrected chi connectivity index (χ1v) is 9.09. The molecule has 7 heteroatoms. The third-order valence-corrected chi connectivity index (χ3v) is 5.02. The van der Waals surface area contributed by atoms with Gasteiger partial charge in [-0.1, -0.05) is 67.8 Å². The number of rotatable bonds is 6. The predicted molar refractivity (Wildman–Crippen MR) is 121 cm³/mol. The van der Waals surface area contributed by atoms with Crippen molar-refractivity contribution < 1.29 is 14.8 Å². The Morgan fingerprint density at radius 3 is 2.24 bits per heavy atom. The van der Waals surface area contributed by atoms with Crippen LogP contribution in [0, 0.1) is 5.41 Å². The molecule has 2 rings (SSSR count). The normalized spacial score (nSPS) is 21.2. The van der Waals surface area contributed by atoms with Crippen LogP contribution in [0.1, 0.15) is 26.3 Å². The van der Waals surface area contributed by atoms with Gasteiger partial charge in [-0.2, -0.15) is 0 Å². The third kappa shape index (κ3) is 5.01. The van der Waals surface area contributed by atoms with Crippen LogP contribution < -0.4 is 0 Å². The third-order valence-electron chi connectivity index (χ3n) is 5.02. The van der Waals surface area contributed by atoms with E-state index in [1.807, 2.05) is 58.2 Å². The summed E-state index contributed by atoms with van der Waals surface area (Å²) in [5.74, 6) is 0.626. The smallest absolute Gasteiger partial charge is 0.412 e. The summed E-state index contributed by atoms with van der Waals surface area (Å²) in [4.78, 5) is 6.34. The fourth-order valence-electron chi connectivity index (χ4n) is 2.77. The van der Waals surface area contributed by atoms with Gasteiger partial charge in [-0.15, -0.1) is 6.58 Å². The lowest BCUT2D eigenvalue weighted by molar-refractivity contribution is 0.0287. The molecule has 0 radical (unpaired) electrons. The van der Waals surface area contributed by atoms with Gasteiger partial charge in [-0.25, -0.2) is 4.99 Å². The second kappa shape index (κ2) is 9.65. The minimum absolute atomic E-state index is 0. The molecule has 0 aliphatic carbocycles. The Bertz CT molecular complexity index is 833. The zero-order valence-corrected chi connectivity index (χ0v) is 17.6. The van der Waals surface area contributed by atoms with Crippen molar-refractivity contribution in [2.75, 3.05) is 7.05 Å². The van der Waals surface area contributed by atoms with E-state index in [-0.39, 0.29) is 11.3 Å². The predicted octanol–water partition coefficient (Wildman–Crippen LogP) is 3.57. The van der Waals surface area contributed by atoms with Crippen LogP contribution in [0.25, 0.3) is 0 Å². The molecule has 0 bridgehead atoms. The van der Waals surface area contributed by atoms with Gasteiger partial charge < -0.3 is 19.6 Å². The molecular weight excluding hydrogens is 365 g/mol. The number of benzene rings is 1. The van der Waals surface area contributed by atoms with Crippen molar-refractivity contribution in [3.05, 3.63) is 85.5 Å². The van der Waals surface area contributed by atoms with Crippen LogP contribution in [-0.2, 0) is 9.31 Å². The zero-order chi connectivity index (χ0) is 20.9. The van der Waals surface area contributed by atoms with E-state index in [1.165, 1.54) is 0 Å². The Labute approximate surface area is 173 Å². The number of hydrogen-bond acceptors (Lipinski definition) is 3. The average molecular weight is 395 g/mol. The Morgan fingerprint density at radius 2 is 1.76 bits per heavy atom. The molecule has 154 valence electrons.